The Kier molecular flexibility index (Phi) is 4.42. The maximum Gasteiger partial charge on any atom is 0.231 e. The van der Waals surface area contributed by atoms with Crippen LogP contribution in [0.15, 0.2) is 25.7 Å². The predicted molar refractivity (Wildman–Crippen MR) is 78.8 cm³/mol. The molecule has 1 aliphatic rings. The number of nitrogens with zero attached hydrogens (tertiary/aromatic N) is 3. The van der Waals surface area contributed by atoms with Gasteiger partial charge in [0.25, 0.3) is 0 Å². The summed E-state index contributed by atoms with van der Waals surface area (Å²) in [7, 11) is 1.72. The van der Waals surface area contributed by atoms with Gasteiger partial charge in [-0.2, -0.15) is 4.98 Å². The van der Waals surface area contributed by atoms with Gasteiger partial charge in [0.15, 0.2) is 10.5 Å². The Labute approximate surface area is 131 Å². The molecule has 0 amide bonds. The normalized spacial score (nSPS) is 23.0. The summed E-state index contributed by atoms with van der Waals surface area (Å²) in [5.41, 5.74) is 0. The fourth-order valence-corrected chi connectivity index (χ4v) is 3.21. The van der Waals surface area contributed by atoms with Crippen LogP contribution in [-0.4, -0.2) is 41.8 Å². The average molecular weight is 356 g/mol. The summed E-state index contributed by atoms with van der Waals surface area (Å²) in [4.78, 5) is 6.71. The number of likely N-dealkylation sites (tertiary alicyclic amines) is 1. The number of rotatable bonds is 5. The summed E-state index contributed by atoms with van der Waals surface area (Å²) in [5, 5.41) is 3.90. The number of hydrogen-bond acceptors (Lipinski definition) is 6. The first-order valence-electron chi connectivity index (χ1n) is 6.91. The van der Waals surface area contributed by atoms with Crippen molar-refractivity contribution in [2.24, 2.45) is 5.92 Å². The summed E-state index contributed by atoms with van der Waals surface area (Å²) in [6.07, 6.45) is 0. The van der Waals surface area contributed by atoms with Gasteiger partial charge < -0.3 is 13.7 Å². The largest absolute Gasteiger partial charge is 0.453 e. The van der Waals surface area contributed by atoms with E-state index in [2.05, 4.69) is 31.0 Å². The SMILES string of the molecule is COC[C@@H]1CN(Cc2ccc(Br)o2)C[C@H]1c1nc(C)no1. The highest BCUT2D eigenvalue weighted by atomic mass is 79.9. The van der Waals surface area contributed by atoms with Crippen molar-refractivity contribution in [3.8, 4) is 0 Å². The summed E-state index contributed by atoms with van der Waals surface area (Å²) >= 11 is 3.33. The molecule has 1 fully saturated rings. The second-order valence-corrected chi connectivity index (χ2v) is 6.18. The van der Waals surface area contributed by atoms with Crippen molar-refractivity contribution in [3.63, 3.8) is 0 Å². The van der Waals surface area contributed by atoms with Gasteiger partial charge in [0, 0.05) is 26.1 Å². The highest BCUT2D eigenvalue weighted by molar-refractivity contribution is 9.10. The van der Waals surface area contributed by atoms with Crippen molar-refractivity contribution < 1.29 is 13.7 Å². The summed E-state index contributed by atoms with van der Waals surface area (Å²) in [6, 6.07) is 3.90. The highest BCUT2D eigenvalue weighted by Crippen LogP contribution is 2.33. The van der Waals surface area contributed by atoms with Gasteiger partial charge in [-0.25, -0.2) is 0 Å². The van der Waals surface area contributed by atoms with Crippen LogP contribution in [0.1, 0.15) is 23.4 Å². The standard InChI is InChI=1S/C14H18BrN3O3/c1-9-16-14(21-17-9)12-7-18(5-10(12)8-19-2)6-11-3-4-13(15)20-11/h3-4,10,12H,5-8H2,1-2H3/t10-,12+/m0/s1. The minimum absolute atomic E-state index is 0.213. The molecule has 2 aromatic rings. The maximum absolute atomic E-state index is 5.58. The van der Waals surface area contributed by atoms with Gasteiger partial charge in [-0.3, -0.25) is 4.90 Å². The van der Waals surface area contributed by atoms with E-state index in [1.54, 1.807) is 7.11 Å². The van der Waals surface area contributed by atoms with Crippen LogP contribution in [0, 0.1) is 12.8 Å². The summed E-state index contributed by atoms with van der Waals surface area (Å²) < 4.78 is 17.0. The molecule has 0 N–H and O–H groups in total. The van der Waals surface area contributed by atoms with Gasteiger partial charge in [0.05, 0.1) is 19.1 Å². The van der Waals surface area contributed by atoms with E-state index in [1.165, 1.54) is 0 Å². The maximum atomic E-state index is 5.58. The lowest BCUT2D eigenvalue weighted by Crippen LogP contribution is -2.20. The van der Waals surface area contributed by atoms with Crippen LogP contribution in [-0.2, 0) is 11.3 Å². The first-order valence-corrected chi connectivity index (χ1v) is 7.70. The molecule has 2 aromatic heterocycles. The van der Waals surface area contributed by atoms with Gasteiger partial charge in [0.1, 0.15) is 5.76 Å². The highest BCUT2D eigenvalue weighted by Gasteiger charge is 2.37. The number of hydrogen-bond donors (Lipinski definition) is 0. The van der Waals surface area contributed by atoms with Crippen LogP contribution < -0.4 is 0 Å². The Morgan fingerprint density at radius 3 is 2.90 bits per heavy atom. The molecule has 0 aliphatic carbocycles. The quantitative estimate of drug-likeness (QED) is 0.821. The van der Waals surface area contributed by atoms with Crippen LogP contribution in [0.2, 0.25) is 0 Å². The monoisotopic (exact) mass is 355 g/mol. The Bertz CT molecular complexity index is 598. The van der Waals surface area contributed by atoms with E-state index in [0.29, 0.717) is 24.2 Å². The predicted octanol–water partition coefficient (Wildman–Crippen LogP) is 2.60. The number of furan rings is 1. The minimum atomic E-state index is 0.213. The lowest BCUT2D eigenvalue weighted by atomic mass is 9.97. The molecule has 2 atom stereocenters. The van der Waals surface area contributed by atoms with E-state index in [4.69, 9.17) is 13.7 Å². The molecule has 3 rings (SSSR count). The first kappa shape index (κ1) is 14.7. The molecule has 6 nitrogen and oxygen atoms in total. The van der Waals surface area contributed by atoms with Crippen molar-refractivity contribution in [2.45, 2.75) is 19.4 Å². The fourth-order valence-electron chi connectivity index (χ4n) is 2.87. The van der Waals surface area contributed by atoms with Crippen molar-refractivity contribution in [1.82, 2.24) is 15.0 Å². The van der Waals surface area contributed by atoms with E-state index >= 15 is 0 Å². The molecule has 0 spiro atoms. The third kappa shape index (κ3) is 3.36. The van der Waals surface area contributed by atoms with Gasteiger partial charge in [0.2, 0.25) is 5.89 Å². The van der Waals surface area contributed by atoms with E-state index in [-0.39, 0.29) is 5.92 Å². The van der Waals surface area contributed by atoms with Gasteiger partial charge in [-0.15, -0.1) is 0 Å². The van der Waals surface area contributed by atoms with E-state index in [9.17, 15) is 0 Å². The smallest absolute Gasteiger partial charge is 0.231 e. The van der Waals surface area contributed by atoms with Crippen molar-refractivity contribution >= 4 is 15.9 Å². The Morgan fingerprint density at radius 1 is 1.43 bits per heavy atom. The topological polar surface area (TPSA) is 64.5 Å². The van der Waals surface area contributed by atoms with Crippen molar-refractivity contribution in [3.05, 3.63) is 34.3 Å². The molecule has 114 valence electrons. The summed E-state index contributed by atoms with van der Waals surface area (Å²) in [5.74, 6) is 2.89. The van der Waals surface area contributed by atoms with Crippen LogP contribution in [0.3, 0.4) is 0 Å². The molecular formula is C14H18BrN3O3. The Balaban J connectivity index is 1.71. The van der Waals surface area contributed by atoms with Gasteiger partial charge >= 0.3 is 0 Å². The number of methoxy groups -OCH3 is 1. The lowest BCUT2D eigenvalue weighted by molar-refractivity contribution is 0.142. The van der Waals surface area contributed by atoms with Crippen molar-refractivity contribution in [1.29, 1.82) is 0 Å². The molecule has 0 radical (unpaired) electrons. The third-order valence-electron chi connectivity index (χ3n) is 3.77. The Hall–Kier alpha value is -1.18. The van der Waals surface area contributed by atoms with E-state index in [1.807, 2.05) is 19.1 Å². The van der Waals surface area contributed by atoms with Crippen LogP contribution >= 0.6 is 15.9 Å². The number of halogens is 1. The zero-order valence-electron chi connectivity index (χ0n) is 12.1. The summed E-state index contributed by atoms with van der Waals surface area (Å²) in [6.45, 7) is 5.09. The number of aromatic nitrogens is 2. The molecule has 0 aromatic carbocycles. The van der Waals surface area contributed by atoms with Crippen LogP contribution in [0.25, 0.3) is 0 Å². The molecule has 1 aliphatic heterocycles. The lowest BCUT2D eigenvalue weighted by Gasteiger charge is -2.13. The Morgan fingerprint density at radius 2 is 2.29 bits per heavy atom. The number of aryl methyl sites for hydroxylation is 1. The molecule has 7 heteroatoms. The minimum Gasteiger partial charge on any atom is -0.453 e. The molecule has 3 heterocycles. The van der Waals surface area contributed by atoms with Crippen molar-refractivity contribution in [2.75, 3.05) is 26.8 Å². The van der Waals surface area contributed by atoms with Gasteiger partial charge in [-0.05, 0) is 35.0 Å². The van der Waals surface area contributed by atoms with Crippen LogP contribution in [0.4, 0.5) is 0 Å². The molecule has 0 bridgehead atoms. The molecule has 0 unspecified atom stereocenters. The molecular weight excluding hydrogens is 338 g/mol. The average Bonchev–Trinajstić information content (AvgIpc) is 3.12. The van der Waals surface area contributed by atoms with E-state index in [0.717, 1.165) is 30.1 Å². The first-order chi connectivity index (χ1) is 10.2. The fraction of sp³-hybridized carbons (Fsp3) is 0.571. The second kappa shape index (κ2) is 6.29. The third-order valence-corrected chi connectivity index (χ3v) is 4.19. The molecule has 21 heavy (non-hydrogen) atoms. The number of ether oxygens (including phenoxy) is 1. The zero-order chi connectivity index (χ0) is 14.8. The van der Waals surface area contributed by atoms with Gasteiger partial charge in [-0.1, -0.05) is 5.16 Å². The van der Waals surface area contributed by atoms with Crippen LogP contribution in [0.5, 0.6) is 0 Å². The second-order valence-electron chi connectivity index (χ2n) is 5.40. The molecule has 1 saturated heterocycles. The van der Waals surface area contributed by atoms with E-state index < -0.39 is 0 Å². The molecule has 0 saturated carbocycles. The zero-order valence-corrected chi connectivity index (χ0v) is 13.7.